The number of hydrogen-bond donors (Lipinski definition) is 1. The molecule has 4 aromatic carbocycles. The molecule has 0 aliphatic heterocycles. The predicted octanol–water partition coefficient (Wildman–Crippen LogP) is 6.96. The maximum atomic E-state index is 6.01. The number of nitrogens with zero attached hydrogens (tertiary/aromatic N) is 2. The molecule has 1 heterocycles. The Morgan fingerprint density at radius 2 is 1.06 bits per heavy atom. The summed E-state index contributed by atoms with van der Waals surface area (Å²) in [6.45, 7) is 4.16. The van der Waals surface area contributed by atoms with E-state index in [2.05, 4.69) is 62.4 Å². The highest BCUT2D eigenvalue weighted by Gasteiger charge is 2.14. The number of nitrogens with two attached hydrogens (primary N) is 1. The van der Waals surface area contributed by atoms with E-state index in [0.29, 0.717) is 11.4 Å². The van der Waals surface area contributed by atoms with Gasteiger partial charge in [-0.2, -0.15) is 0 Å². The van der Waals surface area contributed by atoms with Crippen molar-refractivity contribution in [3.8, 4) is 34.0 Å². The summed E-state index contributed by atoms with van der Waals surface area (Å²) in [6.07, 6.45) is 0. The lowest BCUT2D eigenvalue weighted by atomic mass is 10.0. The van der Waals surface area contributed by atoms with E-state index in [4.69, 9.17) is 20.4 Å². The molecule has 4 heteroatoms. The molecule has 1 aromatic heterocycles. The van der Waals surface area contributed by atoms with E-state index in [-0.39, 0.29) is 0 Å². The molecule has 0 aliphatic rings. The fourth-order valence-electron chi connectivity index (χ4n) is 3.59. The summed E-state index contributed by atoms with van der Waals surface area (Å²) >= 11 is 0. The van der Waals surface area contributed by atoms with Gasteiger partial charge in [0, 0.05) is 22.9 Å². The Kier molecular flexibility index (Phi) is 5.04. The number of nitrogen functional groups attached to an aromatic ring is 1. The zero-order valence-electron chi connectivity index (χ0n) is 18.0. The first-order valence-corrected chi connectivity index (χ1v) is 10.5. The molecular weight excluding hydrogens is 394 g/mol. The van der Waals surface area contributed by atoms with Crippen molar-refractivity contribution in [2.45, 2.75) is 13.8 Å². The van der Waals surface area contributed by atoms with Crippen LogP contribution in [0.3, 0.4) is 0 Å². The monoisotopic (exact) mass is 417 g/mol. The molecule has 0 aliphatic carbocycles. The lowest BCUT2D eigenvalue weighted by Crippen LogP contribution is -1.96. The van der Waals surface area contributed by atoms with Gasteiger partial charge in [-0.05, 0) is 50.2 Å². The minimum Gasteiger partial charge on any atom is -0.457 e. The Labute approximate surface area is 187 Å². The van der Waals surface area contributed by atoms with Crippen LogP contribution in [0.2, 0.25) is 0 Å². The van der Waals surface area contributed by atoms with E-state index < -0.39 is 0 Å². The maximum absolute atomic E-state index is 6.01. The average molecular weight is 418 g/mol. The van der Waals surface area contributed by atoms with Crippen LogP contribution in [-0.4, -0.2) is 9.97 Å². The number of hydrogen-bond acceptors (Lipinski definition) is 4. The van der Waals surface area contributed by atoms with Crippen LogP contribution in [0.5, 0.6) is 11.5 Å². The van der Waals surface area contributed by atoms with E-state index in [1.165, 1.54) is 11.1 Å². The highest BCUT2D eigenvalue weighted by molar-refractivity contribution is 5.87. The topological polar surface area (TPSA) is 61.0 Å². The first kappa shape index (κ1) is 19.8. The third kappa shape index (κ3) is 4.03. The average Bonchev–Trinajstić information content (AvgIpc) is 2.81. The first-order chi connectivity index (χ1) is 15.5. The maximum Gasteiger partial charge on any atom is 0.129 e. The zero-order valence-corrected chi connectivity index (χ0v) is 18.0. The molecule has 5 rings (SSSR count). The van der Waals surface area contributed by atoms with E-state index in [1.807, 2.05) is 42.5 Å². The second-order valence-corrected chi connectivity index (χ2v) is 7.97. The summed E-state index contributed by atoms with van der Waals surface area (Å²) in [5.74, 6) is 1.43. The molecule has 156 valence electrons. The van der Waals surface area contributed by atoms with Crippen LogP contribution in [0.25, 0.3) is 33.5 Å². The molecular formula is C28H23N3O. The number of ether oxygens (including phenoxy) is 1. The summed E-state index contributed by atoms with van der Waals surface area (Å²) in [5, 5.41) is 0. The predicted molar refractivity (Wildman–Crippen MR) is 131 cm³/mol. The fourth-order valence-corrected chi connectivity index (χ4v) is 3.59. The molecule has 4 nitrogen and oxygen atoms in total. The van der Waals surface area contributed by atoms with Crippen molar-refractivity contribution in [3.63, 3.8) is 0 Å². The number of aryl methyl sites for hydroxylation is 2. The summed E-state index contributed by atoms with van der Waals surface area (Å²) in [6, 6.07) is 29.9. The largest absolute Gasteiger partial charge is 0.457 e. The molecule has 2 N–H and O–H groups in total. The van der Waals surface area contributed by atoms with Gasteiger partial charge in [-0.1, -0.05) is 59.7 Å². The Morgan fingerprint density at radius 3 is 1.62 bits per heavy atom. The van der Waals surface area contributed by atoms with Crippen LogP contribution in [0.4, 0.5) is 5.69 Å². The van der Waals surface area contributed by atoms with Crippen molar-refractivity contribution in [2.24, 2.45) is 0 Å². The van der Waals surface area contributed by atoms with Gasteiger partial charge in [0.15, 0.2) is 0 Å². The van der Waals surface area contributed by atoms with E-state index in [1.54, 1.807) is 0 Å². The van der Waals surface area contributed by atoms with Crippen LogP contribution in [0, 0.1) is 13.8 Å². The molecule has 0 saturated carbocycles. The summed E-state index contributed by atoms with van der Waals surface area (Å²) in [4.78, 5) is 10.0. The molecule has 0 atom stereocenters. The summed E-state index contributed by atoms with van der Waals surface area (Å²) in [7, 11) is 0. The van der Waals surface area contributed by atoms with Gasteiger partial charge in [0.1, 0.15) is 11.5 Å². The Hall–Kier alpha value is -4.18. The number of rotatable bonds is 4. The van der Waals surface area contributed by atoms with Crippen molar-refractivity contribution >= 4 is 16.7 Å². The lowest BCUT2D eigenvalue weighted by Gasteiger charge is -2.12. The second kappa shape index (κ2) is 8.16. The zero-order chi connectivity index (χ0) is 22.1. The highest BCUT2D eigenvalue weighted by atomic mass is 16.5. The van der Waals surface area contributed by atoms with Crippen molar-refractivity contribution in [1.82, 2.24) is 9.97 Å². The van der Waals surface area contributed by atoms with Gasteiger partial charge in [0.05, 0.1) is 22.4 Å². The van der Waals surface area contributed by atoms with Crippen LogP contribution >= 0.6 is 0 Å². The molecule has 0 bridgehead atoms. The van der Waals surface area contributed by atoms with Gasteiger partial charge in [-0.3, -0.25) is 0 Å². The lowest BCUT2D eigenvalue weighted by molar-refractivity contribution is 0.483. The molecule has 0 amide bonds. The van der Waals surface area contributed by atoms with Crippen LogP contribution in [0.15, 0.2) is 91.0 Å². The summed E-state index contributed by atoms with van der Waals surface area (Å²) < 4.78 is 6.01. The van der Waals surface area contributed by atoms with Gasteiger partial charge >= 0.3 is 0 Å². The molecule has 0 saturated heterocycles. The second-order valence-electron chi connectivity index (χ2n) is 7.97. The first-order valence-electron chi connectivity index (χ1n) is 10.5. The minimum absolute atomic E-state index is 0.702. The summed E-state index contributed by atoms with van der Waals surface area (Å²) in [5.41, 5.74) is 14.3. The van der Waals surface area contributed by atoms with Crippen LogP contribution in [0.1, 0.15) is 11.1 Å². The van der Waals surface area contributed by atoms with Crippen molar-refractivity contribution in [2.75, 3.05) is 5.73 Å². The third-order valence-corrected chi connectivity index (χ3v) is 5.40. The normalized spacial score (nSPS) is 10.9. The smallest absolute Gasteiger partial charge is 0.129 e. The van der Waals surface area contributed by atoms with Gasteiger partial charge in [-0.15, -0.1) is 0 Å². The number of aromatic nitrogens is 2. The molecule has 0 fully saturated rings. The number of fused-ring (bicyclic) bond motifs is 1. The quantitative estimate of drug-likeness (QED) is 0.321. The van der Waals surface area contributed by atoms with Crippen LogP contribution < -0.4 is 10.5 Å². The van der Waals surface area contributed by atoms with E-state index >= 15 is 0 Å². The van der Waals surface area contributed by atoms with Gasteiger partial charge in [-0.25, -0.2) is 9.97 Å². The fraction of sp³-hybridized carbons (Fsp3) is 0.0714. The van der Waals surface area contributed by atoms with Gasteiger partial charge in [0.2, 0.25) is 0 Å². The van der Waals surface area contributed by atoms with Crippen molar-refractivity contribution in [1.29, 1.82) is 0 Å². The standard InChI is InChI=1S/C28H23N3O/c1-18-3-7-20(8-4-18)27-28(21-9-5-19(2)6-10-21)31-26-17-24(15-16-25(26)30-27)32-23-13-11-22(29)12-14-23/h3-17H,29H2,1-2H3. The molecule has 5 aromatic rings. The molecule has 32 heavy (non-hydrogen) atoms. The van der Waals surface area contributed by atoms with Crippen molar-refractivity contribution in [3.05, 3.63) is 102 Å². The van der Waals surface area contributed by atoms with Gasteiger partial charge < -0.3 is 10.5 Å². The van der Waals surface area contributed by atoms with E-state index in [9.17, 15) is 0 Å². The Balaban J connectivity index is 1.63. The van der Waals surface area contributed by atoms with Crippen molar-refractivity contribution < 1.29 is 4.74 Å². The number of anilines is 1. The Morgan fingerprint density at radius 1 is 0.562 bits per heavy atom. The SMILES string of the molecule is Cc1ccc(-c2nc3ccc(Oc4ccc(N)cc4)cc3nc2-c2ccc(C)cc2)cc1. The highest BCUT2D eigenvalue weighted by Crippen LogP contribution is 2.33. The third-order valence-electron chi connectivity index (χ3n) is 5.40. The van der Waals surface area contributed by atoms with Gasteiger partial charge in [0.25, 0.3) is 0 Å². The Bertz CT molecular complexity index is 1390. The minimum atomic E-state index is 0.702. The molecule has 0 unspecified atom stereocenters. The number of benzene rings is 4. The molecule has 0 spiro atoms. The van der Waals surface area contributed by atoms with E-state index in [0.717, 1.165) is 39.3 Å². The molecule has 0 radical (unpaired) electrons. The van der Waals surface area contributed by atoms with Crippen LogP contribution in [-0.2, 0) is 0 Å².